The summed E-state index contributed by atoms with van der Waals surface area (Å²) in [6, 6.07) is 6.30. The van der Waals surface area contributed by atoms with Crippen LogP contribution < -0.4 is 16.2 Å². The predicted octanol–water partition coefficient (Wildman–Crippen LogP) is 2.00. The van der Waals surface area contributed by atoms with Crippen molar-refractivity contribution in [3.8, 4) is 0 Å². The summed E-state index contributed by atoms with van der Waals surface area (Å²) in [5.74, 6) is -0.141. The largest absolute Gasteiger partial charge is 0.389 e. The number of halogens is 2. The Morgan fingerprint density at radius 1 is 1.48 bits per heavy atom. The Balaban J connectivity index is 1.65. The molecule has 0 saturated heterocycles. The third-order valence-corrected chi connectivity index (χ3v) is 4.06. The molecule has 0 amide bonds. The van der Waals surface area contributed by atoms with Crippen LogP contribution in [-0.2, 0) is 18.1 Å². The molecule has 0 spiro atoms. The summed E-state index contributed by atoms with van der Waals surface area (Å²) in [4.78, 5) is 5.10. The minimum absolute atomic E-state index is 0.0525. The number of amidine groups is 1. The van der Waals surface area contributed by atoms with Crippen molar-refractivity contribution in [3.05, 3.63) is 57.8 Å². The Bertz CT molecular complexity index is 949. The van der Waals surface area contributed by atoms with Gasteiger partial charge in [0, 0.05) is 11.3 Å². The number of nitrogens with two attached hydrogens (primary N) is 1. The van der Waals surface area contributed by atoms with Gasteiger partial charge in [0.1, 0.15) is 12.4 Å². The van der Waals surface area contributed by atoms with Crippen molar-refractivity contribution in [1.29, 1.82) is 0 Å². The number of aromatic nitrogens is 4. The number of nitrogens with one attached hydrogen (secondary N) is 2. The molecule has 9 nitrogen and oxygen atoms in total. The SMILES string of the molecule is Cc1cc(C)n(CNc2[nH+]onc2C(N)=NOCc2c(F)cccc2Cl)n1. The van der Waals surface area contributed by atoms with Crippen LogP contribution in [0.15, 0.2) is 34.1 Å². The van der Waals surface area contributed by atoms with Gasteiger partial charge in [0.2, 0.25) is 5.84 Å². The molecule has 4 N–H and O–H groups in total. The average Bonchev–Trinajstić information content (AvgIpc) is 3.21. The third kappa shape index (κ3) is 4.34. The number of rotatable bonds is 7. The molecule has 0 fully saturated rings. The molecule has 3 aromatic rings. The standard InChI is InChI=1S/C16H17ClFN7O2/c1-9-6-10(2)25(21-9)8-20-16-14(22-27-24-16)15(19)23-26-7-11-12(17)4-3-5-13(11)18/h3-6H,7-8H2,1-2H3,(H2,19,23)(H,20,24)/p+1. The van der Waals surface area contributed by atoms with Gasteiger partial charge in [-0.2, -0.15) is 5.10 Å². The van der Waals surface area contributed by atoms with Crippen molar-refractivity contribution < 1.29 is 19.0 Å². The molecule has 0 atom stereocenters. The van der Waals surface area contributed by atoms with E-state index in [1.54, 1.807) is 10.7 Å². The first-order chi connectivity index (χ1) is 13.0. The number of nitrogens with zero attached hydrogens (tertiary/aromatic N) is 4. The number of aryl methyl sites for hydroxylation is 2. The monoisotopic (exact) mass is 394 g/mol. The summed E-state index contributed by atoms with van der Waals surface area (Å²) >= 11 is 5.93. The lowest BCUT2D eigenvalue weighted by atomic mass is 10.2. The number of hydrogen-bond donors (Lipinski definition) is 2. The van der Waals surface area contributed by atoms with E-state index in [2.05, 4.69) is 25.9 Å². The first-order valence-corrected chi connectivity index (χ1v) is 8.34. The lowest BCUT2D eigenvalue weighted by molar-refractivity contribution is -0.611. The highest BCUT2D eigenvalue weighted by molar-refractivity contribution is 6.31. The smallest absolute Gasteiger partial charge is 0.305 e. The number of H-pyrrole nitrogens is 1. The number of benzene rings is 1. The van der Waals surface area contributed by atoms with E-state index in [-0.39, 0.29) is 28.7 Å². The first kappa shape index (κ1) is 18.6. The Morgan fingerprint density at radius 3 is 3.00 bits per heavy atom. The van der Waals surface area contributed by atoms with Gasteiger partial charge < -0.3 is 10.6 Å². The second-order valence-electron chi connectivity index (χ2n) is 5.72. The van der Waals surface area contributed by atoms with E-state index in [1.165, 1.54) is 12.1 Å². The summed E-state index contributed by atoms with van der Waals surface area (Å²) in [5.41, 5.74) is 8.18. The van der Waals surface area contributed by atoms with Crippen molar-refractivity contribution in [3.63, 3.8) is 0 Å². The van der Waals surface area contributed by atoms with Gasteiger partial charge in [-0.25, -0.2) is 9.07 Å². The number of hydrogen-bond acceptors (Lipinski definition) is 6. The van der Waals surface area contributed by atoms with Gasteiger partial charge in [-0.15, -0.1) is 4.63 Å². The molecule has 0 saturated carbocycles. The molecule has 11 heteroatoms. The lowest BCUT2D eigenvalue weighted by Crippen LogP contribution is -2.21. The zero-order valence-electron chi connectivity index (χ0n) is 14.7. The van der Waals surface area contributed by atoms with Gasteiger partial charge in [-0.05, 0) is 32.0 Å². The zero-order valence-corrected chi connectivity index (χ0v) is 15.4. The van der Waals surface area contributed by atoms with Crippen LogP contribution >= 0.6 is 11.6 Å². The molecule has 0 aliphatic carbocycles. The van der Waals surface area contributed by atoms with E-state index in [9.17, 15) is 4.39 Å². The van der Waals surface area contributed by atoms with E-state index in [0.29, 0.717) is 12.5 Å². The second kappa shape index (κ2) is 8.04. The molecule has 1 aromatic carbocycles. The van der Waals surface area contributed by atoms with Gasteiger partial charge in [0.15, 0.2) is 6.67 Å². The quantitative estimate of drug-likeness (QED) is 0.359. The molecule has 3 rings (SSSR count). The summed E-state index contributed by atoms with van der Waals surface area (Å²) in [7, 11) is 0. The molecule has 0 bridgehead atoms. The van der Waals surface area contributed by atoms with Crippen molar-refractivity contribution in [1.82, 2.24) is 14.9 Å². The van der Waals surface area contributed by atoms with Gasteiger partial charge in [0.25, 0.3) is 0 Å². The molecule has 0 unspecified atom stereocenters. The van der Waals surface area contributed by atoms with Crippen LogP contribution in [0.3, 0.4) is 0 Å². The molecular formula is C16H18ClFN7O2+. The molecule has 27 heavy (non-hydrogen) atoms. The summed E-state index contributed by atoms with van der Waals surface area (Å²) in [6.45, 7) is 4.04. The fourth-order valence-corrected chi connectivity index (χ4v) is 2.59. The van der Waals surface area contributed by atoms with Crippen molar-refractivity contribution >= 4 is 23.3 Å². The minimum Gasteiger partial charge on any atom is -0.389 e. The van der Waals surface area contributed by atoms with E-state index >= 15 is 0 Å². The van der Waals surface area contributed by atoms with Crippen LogP contribution in [0.25, 0.3) is 0 Å². The van der Waals surface area contributed by atoms with Crippen LogP contribution in [0.4, 0.5) is 10.2 Å². The normalized spacial score (nSPS) is 11.6. The fraction of sp³-hybridized carbons (Fsp3) is 0.250. The highest BCUT2D eigenvalue weighted by Gasteiger charge is 2.22. The van der Waals surface area contributed by atoms with Gasteiger partial charge in [-0.3, -0.25) is 5.32 Å². The Morgan fingerprint density at radius 2 is 2.30 bits per heavy atom. The minimum atomic E-state index is -0.488. The molecule has 0 radical (unpaired) electrons. The zero-order chi connectivity index (χ0) is 19.4. The Hall–Kier alpha value is -3.14. The number of anilines is 1. The highest BCUT2D eigenvalue weighted by atomic mass is 35.5. The fourth-order valence-electron chi connectivity index (χ4n) is 2.37. The highest BCUT2D eigenvalue weighted by Crippen LogP contribution is 2.19. The van der Waals surface area contributed by atoms with Crippen molar-refractivity contribution in [2.24, 2.45) is 10.9 Å². The van der Waals surface area contributed by atoms with E-state index < -0.39 is 5.82 Å². The van der Waals surface area contributed by atoms with Crippen molar-refractivity contribution in [2.75, 3.05) is 5.32 Å². The van der Waals surface area contributed by atoms with E-state index in [1.807, 2.05) is 19.9 Å². The average molecular weight is 395 g/mol. The molecule has 0 aliphatic heterocycles. The summed E-state index contributed by atoms with van der Waals surface area (Å²) in [6.07, 6.45) is 0. The van der Waals surface area contributed by atoms with Gasteiger partial charge in [-0.1, -0.05) is 28.0 Å². The Kier molecular flexibility index (Phi) is 5.55. The molecule has 2 heterocycles. The van der Waals surface area contributed by atoms with E-state index in [0.717, 1.165) is 11.4 Å². The number of oxime groups is 1. The van der Waals surface area contributed by atoms with Crippen LogP contribution in [0.1, 0.15) is 22.6 Å². The van der Waals surface area contributed by atoms with E-state index in [4.69, 9.17) is 26.8 Å². The number of aromatic amines is 1. The van der Waals surface area contributed by atoms with Crippen molar-refractivity contribution in [2.45, 2.75) is 27.1 Å². The Labute approximate surface area is 158 Å². The maximum atomic E-state index is 13.7. The van der Waals surface area contributed by atoms with Crippen LogP contribution in [-0.4, -0.2) is 20.8 Å². The maximum absolute atomic E-state index is 13.7. The topological polar surface area (TPSA) is 118 Å². The molecular weight excluding hydrogens is 377 g/mol. The molecule has 2 aromatic heterocycles. The maximum Gasteiger partial charge on any atom is 0.305 e. The molecule has 142 valence electrons. The first-order valence-electron chi connectivity index (χ1n) is 7.96. The van der Waals surface area contributed by atoms with Crippen LogP contribution in [0.5, 0.6) is 0 Å². The summed E-state index contributed by atoms with van der Waals surface area (Å²) < 4.78 is 20.3. The lowest BCUT2D eigenvalue weighted by Gasteiger charge is -2.04. The third-order valence-electron chi connectivity index (χ3n) is 3.71. The second-order valence-corrected chi connectivity index (χ2v) is 6.13. The molecule has 0 aliphatic rings. The van der Waals surface area contributed by atoms with Gasteiger partial charge >= 0.3 is 11.5 Å². The predicted molar refractivity (Wildman–Crippen MR) is 95.3 cm³/mol. The van der Waals surface area contributed by atoms with Crippen LogP contribution in [0, 0.1) is 19.7 Å². The van der Waals surface area contributed by atoms with Gasteiger partial charge in [0.05, 0.1) is 15.9 Å². The summed E-state index contributed by atoms with van der Waals surface area (Å²) in [5, 5.41) is 17.7. The van der Waals surface area contributed by atoms with Crippen LogP contribution in [0.2, 0.25) is 5.02 Å².